The first-order valence-electron chi connectivity index (χ1n) is 22.2. The Bertz CT molecular complexity index is 2620. The zero-order valence-electron chi connectivity index (χ0n) is 41.6. The van der Waals surface area contributed by atoms with E-state index in [9.17, 15) is 37.8 Å². The maximum absolute atomic E-state index is 14.3. The van der Waals surface area contributed by atoms with Crippen molar-refractivity contribution in [2.24, 2.45) is 4.99 Å². The molecule has 2 atom stereocenters. The number of nitrogens with zero attached hydrogens (tertiary/aromatic N) is 5. The van der Waals surface area contributed by atoms with Gasteiger partial charge in [-0.15, -0.1) is 23.4 Å². The summed E-state index contributed by atoms with van der Waals surface area (Å²) in [7, 11) is -2.41. The van der Waals surface area contributed by atoms with Gasteiger partial charge in [0.15, 0.2) is 4.84 Å². The van der Waals surface area contributed by atoms with Gasteiger partial charge in [0, 0.05) is 24.6 Å². The number of carbonyl (C=O) groups excluding carboxylic acids is 3. The number of methoxy groups -OCH3 is 1. The van der Waals surface area contributed by atoms with E-state index in [1.54, 1.807) is 19.2 Å². The number of thioether (sulfide) groups is 1. The van der Waals surface area contributed by atoms with E-state index in [1.165, 1.54) is 13.2 Å². The summed E-state index contributed by atoms with van der Waals surface area (Å²) in [4.78, 5) is 82.3. The highest BCUT2D eigenvalue weighted by Crippen LogP contribution is 2.35. The van der Waals surface area contributed by atoms with Gasteiger partial charge in [0.05, 0.1) is 66.9 Å². The first-order chi connectivity index (χ1) is 34.4. The van der Waals surface area contributed by atoms with Crippen LogP contribution >= 0.6 is 77.1 Å². The van der Waals surface area contributed by atoms with Crippen LogP contribution in [0, 0.1) is 12.7 Å². The van der Waals surface area contributed by atoms with Gasteiger partial charge in [-0.1, -0.05) is 72.1 Å². The molecule has 3 heterocycles. The Morgan fingerprint density at radius 1 is 1.10 bits per heavy atom. The molecule has 2 aliphatic heterocycles. The molecule has 18 nitrogen and oxygen atoms in total. The predicted molar refractivity (Wildman–Crippen MR) is 290 cm³/mol. The van der Waals surface area contributed by atoms with E-state index >= 15 is 0 Å². The van der Waals surface area contributed by atoms with Gasteiger partial charge in [0.2, 0.25) is 10.7 Å². The third kappa shape index (κ3) is 22.6. The molecule has 73 heavy (non-hydrogen) atoms. The van der Waals surface area contributed by atoms with Crippen LogP contribution in [0.15, 0.2) is 69.3 Å². The van der Waals surface area contributed by atoms with Gasteiger partial charge in [0.1, 0.15) is 44.1 Å². The fourth-order valence-corrected chi connectivity index (χ4v) is 9.12. The summed E-state index contributed by atoms with van der Waals surface area (Å²) in [6, 6.07) is 15.9. The Kier molecular flexibility index (Phi) is 30.0. The van der Waals surface area contributed by atoms with Crippen molar-refractivity contribution in [3.63, 3.8) is 0 Å². The molecule has 2 aliphatic rings. The van der Waals surface area contributed by atoms with Gasteiger partial charge in [-0.05, 0) is 97.7 Å². The fraction of sp³-hybridized carbons (Fsp3) is 0.478. The number of esters is 1. The second-order valence-electron chi connectivity index (χ2n) is 15.8. The first-order valence-corrected chi connectivity index (χ1v) is 30.0. The minimum absolute atomic E-state index is 0.0371. The van der Waals surface area contributed by atoms with Gasteiger partial charge in [-0.25, -0.2) is 14.1 Å². The number of halogens is 5. The molecule has 0 spiro atoms. The molecule has 2 unspecified atom stereocenters. The second-order valence-corrected chi connectivity index (χ2v) is 23.6. The number of carboxylic acid groups (broad SMARTS) is 1. The molecule has 3 N–H and O–H groups in total. The number of para-hydroxylation sites is 3. The summed E-state index contributed by atoms with van der Waals surface area (Å²) in [6.45, 7) is 9.98. The number of carbonyl (C=O) groups is 4. The summed E-state index contributed by atoms with van der Waals surface area (Å²) in [5, 5.41) is 10.2. The smallest absolute Gasteiger partial charge is 0.325 e. The van der Waals surface area contributed by atoms with Crippen molar-refractivity contribution in [2.45, 2.75) is 75.8 Å². The maximum Gasteiger partial charge on any atom is 0.325 e. The van der Waals surface area contributed by atoms with Gasteiger partial charge in [-0.3, -0.25) is 38.9 Å². The van der Waals surface area contributed by atoms with Gasteiger partial charge in [-0.2, -0.15) is 0 Å². The summed E-state index contributed by atoms with van der Waals surface area (Å²) >= 11 is 25.1. The molecule has 27 heteroatoms. The van der Waals surface area contributed by atoms with Crippen LogP contribution in [-0.2, 0) is 63.6 Å². The molecule has 0 saturated heterocycles. The van der Waals surface area contributed by atoms with Crippen molar-refractivity contribution in [3.05, 3.63) is 91.0 Å². The number of hydrogen-bond acceptors (Lipinski definition) is 14. The summed E-state index contributed by atoms with van der Waals surface area (Å²) < 4.78 is 43.1. The number of ether oxygens (including phenoxy) is 3. The topological polar surface area (TPSA) is 234 Å². The second kappa shape index (κ2) is 33.4. The molecule has 0 radical (unpaired) electrons. The summed E-state index contributed by atoms with van der Waals surface area (Å²) in [5.41, 5.74) is 3.93. The van der Waals surface area contributed by atoms with Crippen molar-refractivity contribution >= 4 is 129 Å². The van der Waals surface area contributed by atoms with Gasteiger partial charge in [0.25, 0.3) is 5.91 Å². The number of aromatic nitrogens is 2. The lowest BCUT2D eigenvalue weighted by Crippen LogP contribution is -2.47. The van der Waals surface area contributed by atoms with Crippen LogP contribution in [0.3, 0.4) is 0 Å². The molecule has 4 aromatic rings. The minimum atomic E-state index is -4.35. The van der Waals surface area contributed by atoms with E-state index in [4.69, 9.17) is 65.9 Å². The molecule has 406 valence electrons. The average Bonchev–Trinajstić information content (AvgIpc) is 3.65. The largest absolute Gasteiger partial charge is 0.778 e. The highest BCUT2D eigenvalue weighted by molar-refractivity contribution is 8.00. The van der Waals surface area contributed by atoms with Crippen LogP contribution in [0.1, 0.15) is 44.7 Å². The molecule has 0 bridgehead atoms. The van der Waals surface area contributed by atoms with Crippen LogP contribution in [0.5, 0.6) is 5.75 Å². The lowest BCUT2D eigenvalue weighted by atomic mass is 10.0. The summed E-state index contributed by atoms with van der Waals surface area (Å²) in [6.07, 6.45) is 8.64. The molecule has 0 saturated carbocycles. The average molecular weight is 1180 g/mol. The molecule has 0 aliphatic carbocycles. The molecule has 2 amide bonds. The number of nitrogens with one attached hydrogen (secondary N) is 1. The van der Waals surface area contributed by atoms with Crippen LogP contribution in [0.2, 0.25) is 5.02 Å². The van der Waals surface area contributed by atoms with Gasteiger partial charge >= 0.3 is 16.8 Å². The van der Waals surface area contributed by atoms with Gasteiger partial charge < -0.3 is 38.6 Å². The minimum Gasteiger partial charge on any atom is -0.778 e. The number of amides is 2. The highest BCUT2D eigenvalue weighted by Gasteiger charge is 2.32. The van der Waals surface area contributed by atoms with Crippen molar-refractivity contribution < 1.29 is 57.2 Å². The standard InChI is InChI=1S/C15H15ClFN3O3S2.C14H20ClNO2.C11H11Cl2NO2.C3H8NO5P.C3H9S/c1-23-13(21)8-24-12-7-11(10(17)6-9(12)16)18-14-19-4-2-3-5-20(19)15(22)25-14;1-4-12-8-6-7-11(3)14(12)16(10-18-5-2)13(17)9-15;1-7-6-16-9-5-3-2-4-8(9)14(7)11(15)10(12)13;5-3(6)1-4-2-10(7,8)9;1-4(2)3/h6-7H,2-5,8H2,1H3;6-8H,4-5,9-10H2,1-3H3;2-5,7,10H,6H2,1H3;4H,1-2H2,(H,5,6)(H2,7,8,9);1-3H3/q;;;;+1/p-1/b18-14-;;;;. The maximum atomic E-state index is 14.3. The number of benzene rings is 3. The lowest BCUT2D eigenvalue weighted by Gasteiger charge is -2.35. The number of aliphatic carboxylic acids is 1. The predicted octanol–water partition coefficient (Wildman–Crippen LogP) is 7.18. The van der Waals surface area contributed by atoms with E-state index < -0.39 is 43.0 Å². The Morgan fingerprint density at radius 3 is 2.32 bits per heavy atom. The van der Waals surface area contributed by atoms with Crippen molar-refractivity contribution in [1.29, 1.82) is 0 Å². The zero-order chi connectivity index (χ0) is 55.0. The number of fused-ring (bicyclic) bond motifs is 2. The quantitative estimate of drug-likeness (QED) is 0.0267. The van der Waals surface area contributed by atoms with E-state index in [1.807, 2.05) is 68.6 Å². The molecule has 1 aromatic heterocycles. The number of alkyl halides is 3. The van der Waals surface area contributed by atoms with Crippen molar-refractivity contribution in [2.75, 3.05) is 80.1 Å². The number of hydrogen-bond donors (Lipinski definition) is 3. The van der Waals surface area contributed by atoms with Crippen LogP contribution < -0.4 is 34.4 Å². The summed E-state index contributed by atoms with van der Waals surface area (Å²) in [5.74, 6) is -1.89. The van der Waals surface area contributed by atoms with Crippen LogP contribution in [0.25, 0.3) is 0 Å². The number of rotatable bonds is 15. The highest BCUT2D eigenvalue weighted by atomic mass is 35.5. The molecule has 6 rings (SSSR count). The van der Waals surface area contributed by atoms with E-state index in [2.05, 4.69) is 35.4 Å². The Morgan fingerprint density at radius 2 is 1.74 bits per heavy atom. The first kappa shape index (κ1) is 65.5. The van der Waals surface area contributed by atoms with E-state index in [0.29, 0.717) is 52.6 Å². The Balaban J connectivity index is 0.000000339. The Labute approximate surface area is 455 Å². The molecular weight excluding hydrogens is 1120 g/mol. The van der Waals surface area contributed by atoms with Crippen LogP contribution in [0.4, 0.5) is 21.5 Å². The third-order valence-corrected chi connectivity index (χ3v) is 13.1. The Hall–Kier alpha value is -3.64. The van der Waals surface area contributed by atoms with E-state index in [0.717, 1.165) is 70.9 Å². The monoisotopic (exact) mass is 1180 g/mol. The fourth-order valence-electron chi connectivity index (χ4n) is 6.38. The number of aryl methyl sites for hydroxylation is 2. The zero-order valence-corrected chi connectivity index (χ0v) is 48.0. The molecule has 0 fully saturated rings. The molecular formula is C46H62Cl4FN6O12PS3. The van der Waals surface area contributed by atoms with E-state index in [-0.39, 0.29) is 51.8 Å². The SMILES string of the molecule is CC1COc2ccccc2N1C(=O)C(Cl)Cl.CCOCN(C(=O)CCl)c1c(C)cccc1CC.COC(=O)CSc1cc(/N=c2\sc(=O)n3n2CCCC3)c(F)cc1Cl.C[S+](C)C.O=C(O)CNCP(=O)([O-])O. The van der Waals surface area contributed by atoms with Crippen molar-refractivity contribution in [1.82, 2.24) is 14.7 Å². The number of carboxylic acids is 1. The normalized spacial score (nSPS) is 14.5. The number of anilines is 2. The van der Waals surface area contributed by atoms with Crippen LogP contribution in [-0.4, -0.2) is 124 Å². The third-order valence-electron chi connectivity index (χ3n) is 9.55. The lowest BCUT2D eigenvalue weighted by molar-refractivity contribution is -0.193. The molecule has 3 aromatic carbocycles. The van der Waals surface area contributed by atoms with Crippen molar-refractivity contribution in [3.8, 4) is 5.75 Å².